The van der Waals surface area contributed by atoms with Crippen molar-refractivity contribution < 1.29 is 15.0 Å². The van der Waals surface area contributed by atoms with E-state index in [1.54, 1.807) is 6.07 Å². The third kappa shape index (κ3) is 3.69. The van der Waals surface area contributed by atoms with Gasteiger partial charge in [0, 0.05) is 11.6 Å². The van der Waals surface area contributed by atoms with Crippen LogP contribution in [0, 0.1) is 11.8 Å². The summed E-state index contributed by atoms with van der Waals surface area (Å²) in [5.74, 6) is 0.238. The van der Waals surface area contributed by atoms with Gasteiger partial charge in [0.2, 0.25) is 0 Å². The number of carbonyl (C=O) groups is 1. The molecule has 3 rings (SSSR count). The van der Waals surface area contributed by atoms with Crippen LogP contribution in [0.25, 0.3) is 0 Å². The lowest BCUT2D eigenvalue weighted by Gasteiger charge is -2.31. The number of aromatic hydroxyl groups is 1. The number of aliphatic carboxylic acids is 1. The molecule has 1 aromatic heterocycles. The summed E-state index contributed by atoms with van der Waals surface area (Å²) in [6, 6.07) is 3.69. The van der Waals surface area contributed by atoms with E-state index in [2.05, 4.69) is 6.92 Å². The predicted molar refractivity (Wildman–Crippen MR) is 102 cm³/mol. The van der Waals surface area contributed by atoms with Crippen LogP contribution in [0.3, 0.4) is 0 Å². The quantitative estimate of drug-likeness (QED) is 0.798. The zero-order chi connectivity index (χ0) is 18.8. The van der Waals surface area contributed by atoms with Crippen LogP contribution in [-0.2, 0) is 11.2 Å². The molecule has 2 aliphatic rings. The molecule has 0 saturated heterocycles. The van der Waals surface area contributed by atoms with Gasteiger partial charge < -0.3 is 10.2 Å². The van der Waals surface area contributed by atoms with Crippen molar-refractivity contribution in [2.24, 2.45) is 11.8 Å². The number of nitrogens with zero attached hydrogens (tertiary/aromatic N) is 1. The van der Waals surface area contributed by atoms with E-state index >= 15 is 0 Å². The van der Waals surface area contributed by atoms with Gasteiger partial charge in [0.25, 0.3) is 0 Å². The Balaban J connectivity index is 1.83. The fourth-order valence-corrected chi connectivity index (χ4v) is 4.48. The monoisotopic (exact) mass is 355 g/mol. The molecule has 0 radical (unpaired) electrons. The molecule has 2 aliphatic carbocycles. The largest absolute Gasteiger partial charge is 0.506 e. The maximum absolute atomic E-state index is 11.4. The molecule has 1 fully saturated rings. The van der Waals surface area contributed by atoms with E-state index in [1.807, 2.05) is 26.0 Å². The molecule has 0 aliphatic heterocycles. The predicted octanol–water partition coefficient (Wildman–Crippen LogP) is 4.99. The fraction of sp³-hybridized carbons (Fsp3) is 0.545. The fourth-order valence-electron chi connectivity index (χ4n) is 4.48. The Labute approximate surface area is 155 Å². The summed E-state index contributed by atoms with van der Waals surface area (Å²) in [5, 5.41) is 19.7. The molecule has 4 nitrogen and oxygen atoms in total. The van der Waals surface area contributed by atoms with Crippen LogP contribution in [-0.4, -0.2) is 21.2 Å². The van der Waals surface area contributed by atoms with Crippen molar-refractivity contribution in [2.75, 3.05) is 0 Å². The van der Waals surface area contributed by atoms with Crippen molar-refractivity contribution in [1.82, 2.24) is 4.98 Å². The summed E-state index contributed by atoms with van der Waals surface area (Å²) < 4.78 is 0. The maximum atomic E-state index is 11.4. The summed E-state index contributed by atoms with van der Waals surface area (Å²) in [6.07, 6.45) is 8.48. The summed E-state index contributed by atoms with van der Waals surface area (Å²) in [6.45, 7) is 6.03. The lowest BCUT2D eigenvalue weighted by Crippen LogP contribution is -2.24. The molecule has 0 aromatic carbocycles. The molecule has 1 aromatic rings. The second-order valence-electron chi connectivity index (χ2n) is 7.93. The highest BCUT2D eigenvalue weighted by Gasteiger charge is 2.29. The first-order valence-electron chi connectivity index (χ1n) is 9.69. The Morgan fingerprint density at radius 3 is 2.54 bits per heavy atom. The number of carboxylic acid groups (broad SMARTS) is 1. The highest BCUT2D eigenvalue weighted by Crippen LogP contribution is 2.38. The molecule has 0 spiro atoms. The topological polar surface area (TPSA) is 70.4 Å². The van der Waals surface area contributed by atoms with Gasteiger partial charge in [-0.1, -0.05) is 37.3 Å². The average molecular weight is 355 g/mol. The van der Waals surface area contributed by atoms with Crippen molar-refractivity contribution in [3.05, 3.63) is 46.3 Å². The van der Waals surface area contributed by atoms with Crippen LogP contribution in [0.2, 0.25) is 0 Å². The Morgan fingerprint density at radius 2 is 1.88 bits per heavy atom. The SMILES string of the molecule is CC1=CC(C(=O)O)=C(C)C(C)C1Cc1ccc(O)c(C2CCCCC2)n1. The highest BCUT2D eigenvalue weighted by molar-refractivity contribution is 5.91. The van der Waals surface area contributed by atoms with Gasteiger partial charge in [0.1, 0.15) is 5.75 Å². The average Bonchev–Trinajstić information content (AvgIpc) is 2.63. The van der Waals surface area contributed by atoms with Gasteiger partial charge in [-0.15, -0.1) is 0 Å². The van der Waals surface area contributed by atoms with Gasteiger partial charge in [-0.3, -0.25) is 4.98 Å². The molecule has 0 amide bonds. The lowest BCUT2D eigenvalue weighted by atomic mass is 9.74. The molecule has 2 atom stereocenters. The third-order valence-corrected chi connectivity index (χ3v) is 6.28. The molecular formula is C22H29NO3. The normalized spacial score (nSPS) is 24.5. The van der Waals surface area contributed by atoms with E-state index < -0.39 is 5.97 Å². The van der Waals surface area contributed by atoms with E-state index in [0.29, 0.717) is 17.2 Å². The van der Waals surface area contributed by atoms with E-state index in [-0.39, 0.29) is 11.8 Å². The molecule has 4 heteroatoms. The van der Waals surface area contributed by atoms with E-state index in [1.165, 1.54) is 19.3 Å². The Morgan fingerprint density at radius 1 is 1.19 bits per heavy atom. The van der Waals surface area contributed by atoms with Crippen molar-refractivity contribution in [2.45, 2.75) is 65.2 Å². The maximum Gasteiger partial charge on any atom is 0.335 e. The zero-order valence-corrected chi connectivity index (χ0v) is 16.0. The first kappa shape index (κ1) is 18.7. The molecule has 2 unspecified atom stereocenters. The lowest BCUT2D eigenvalue weighted by molar-refractivity contribution is -0.132. The molecule has 2 N–H and O–H groups in total. The number of rotatable bonds is 4. The van der Waals surface area contributed by atoms with Crippen LogP contribution in [0.5, 0.6) is 5.75 Å². The zero-order valence-electron chi connectivity index (χ0n) is 16.0. The van der Waals surface area contributed by atoms with Gasteiger partial charge in [-0.2, -0.15) is 0 Å². The second kappa shape index (κ2) is 7.65. The summed E-state index contributed by atoms with van der Waals surface area (Å²) >= 11 is 0. The molecule has 140 valence electrons. The Bertz CT molecular complexity index is 757. The first-order chi connectivity index (χ1) is 12.4. The van der Waals surface area contributed by atoms with Gasteiger partial charge in [-0.25, -0.2) is 4.79 Å². The highest BCUT2D eigenvalue weighted by atomic mass is 16.4. The molecule has 1 saturated carbocycles. The summed E-state index contributed by atoms with van der Waals surface area (Å²) in [7, 11) is 0. The van der Waals surface area contributed by atoms with E-state index in [4.69, 9.17) is 4.98 Å². The van der Waals surface area contributed by atoms with Crippen LogP contribution in [0.1, 0.15) is 70.2 Å². The first-order valence-corrected chi connectivity index (χ1v) is 9.69. The van der Waals surface area contributed by atoms with Crippen molar-refractivity contribution >= 4 is 5.97 Å². The summed E-state index contributed by atoms with van der Waals surface area (Å²) in [5.41, 5.74) is 4.28. The molecule has 26 heavy (non-hydrogen) atoms. The van der Waals surface area contributed by atoms with Gasteiger partial charge in [-0.05, 0) is 63.2 Å². The van der Waals surface area contributed by atoms with Crippen molar-refractivity contribution in [3.63, 3.8) is 0 Å². The van der Waals surface area contributed by atoms with Crippen LogP contribution >= 0.6 is 0 Å². The van der Waals surface area contributed by atoms with Crippen LogP contribution in [0.15, 0.2) is 34.9 Å². The van der Waals surface area contributed by atoms with Crippen molar-refractivity contribution in [3.8, 4) is 5.75 Å². The Kier molecular flexibility index (Phi) is 5.49. The standard InChI is InChI=1S/C22H29NO3/c1-13-11-19(22(25)26)15(3)14(2)18(13)12-17-9-10-20(24)21(23-17)16-7-5-4-6-8-16/h9-11,14,16,18,24H,4-8,12H2,1-3H3,(H,25,26). The molecule has 1 heterocycles. The van der Waals surface area contributed by atoms with Crippen LogP contribution < -0.4 is 0 Å². The number of carboxylic acids is 1. The van der Waals surface area contributed by atoms with Crippen LogP contribution in [0.4, 0.5) is 0 Å². The minimum Gasteiger partial charge on any atom is -0.506 e. The van der Waals surface area contributed by atoms with Gasteiger partial charge in [0.15, 0.2) is 0 Å². The number of allylic oxidation sites excluding steroid dienone is 2. The van der Waals surface area contributed by atoms with E-state index in [0.717, 1.165) is 41.8 Å². The second-order valence-corrected chi connectivity index (χ2v) is 7.93. The minimum absolute atomic E-state index is 0.167. The number of hydrogen-bond acceptors (Lipinski definition) is 3. The number of aromatic nitrogens is 1. The third-order valence-electron chi connectivity index (χ3n) is 6.28. The van der Waals surface area contributed by atoms with Gasteiger partial charge >= 0.3 is 5.97 Å². The minimum atomic E-state index is -0.852. The summed E-state index contributed by atoms with van der Waals surface area (Å²) in [4.78, 5) is 16.3. The smallest absolute Gasteiger partial charge is 0.335 e. The molecular weight excluding hydrogens is 326 g/mol. The Hall–Kier alpha value is -2.10. The van der Waals surface area contributed by atoms with E-state index in [9.17, 15) is 15.0 Å². The number of hydrogen-bond donors (Lipinski definition) is 2. The molecule has 0 bridgehead atoms. The van der Waals surface area contributed by atoms with Crippen molar-refractivity contribution in [1.29, 1.82) is 0 Å². The van der Waals surface area contributed by atoms with Gasteiger partial charge in [0.05, 0.1) is 11.3 Å². The number of pyridine rings is 1.